The maximum absolute atomic E-state index is 13.3. The number of carbonyl (C=O) groups excluding carboxylic acids is 4. The number of Topliss-reactive ketones (excluding diaryl/α,β-unsaturated/α-hetero) is 1. The molecule has 5 atom stereocenters. The van der Waals surface area contributed by atoms with Gasteiger partial charge in [-0.05, 0) is 37.3 Å². The molecular weight excluding hydrogens is 404 g/mol. The van der Waals surface area contributed by atoms with Crippen molar-refractivity contribution in [2.24, 2.45) is 16.7 Å². The van der Waals surface area contributed by atoms with E-state index < -0.39 is 40.9 Å². The van der Waals surface area contributed by atoms with Gasteiger partial charge in [0.05, 0.1) is 25.1 Å². The van der Waals surface area contributed by atoms with Crippen molar-refractivity contribution < 1.29 is 37.8 Å². The molecule has 0 amide bonds. The van der Waals surface area contributed by atoms with Crippen molar-refractivity contribution in [3.05, 3.63) is 35.3 Å². The molecule has 31 heavy (non-hydrogen) atoms. The Morgan fingerprint density at radius 2 is 2.00 bits per heavy atom. The Morgan fingerprint density at radius 3 is 2.61 bits per heavy atom. The summed E-state index contributed by atoms with van der Waals surface area (Å²) in [7, 11) is 1.23. The molecule has 8 heteroatoms. The van der Waals surface area contributed by atoms with E-state index in [1.165, 1.54) is 20.3 Å². The Bertz CT molecular complexity index is 974. The molecule has 1 saturated heterocycles. The summed E-state index contributed by atoms with van der Waals surface area (Å²) in [5.41, 5.74) is -0.919. The lowest BCUT2D eigenvalue weighted by Gasteiger charge is -2.48. The first kappa shape index (κ1) is 21.3. The second-order valence-electron chi connectivity index (χ2n) is 8.84. The van der Waals surface area contributed by atoms with Crippen LogP contribution in [0.3, 0.4) is 0 Å². The van der Waals surface area contributed by atoms with Crippen molar-refractivity contribution in [3.63, 3.8) is 0 Å². The maximum Gasteiger partial charge on any atom is 0.319 e. The summed E-state index contributed by atoms with van der Waals surface area (Å²) in [4.78, 5) is 51.3. The summed E-state index contributed by atoms with van der Waals surface area (Å²) in [5.74, 6) is -2.13. The molecule has 0 bridgehead atoms. The smallest absolute Gasteiger partial charge is 0.319 e. The van der Waals surface area contributed by atoms with Crippen LogP contribution >= 0.6 is 0 Å². The molecule has 2 aliphatic carbocycles. The third-order valence-electron chi connectivity index (χ3n) is 7.23. The van der Waals surface area contributed by atoms with Gasteiger partial charge in [0, 0.05) is 30.9 Å². The zero-order chi connectivity index (χ0) is 22.6. The minimum absolute atomic E-state index is 0.0887. The van der Waals surface area contributed by atoms with E-state index in [1.807, 2.05) is 6.92 Å². The number of esters is 3. The molecular formula is C23H26O8. The summed E-state index contributed by atoms with van der Waals surface area (Å²) in [6.45, 7) is 4.70. The normalized spacial score (nSPS) is 35.0. The molecule has 0 aromatic carbocycles. The van der Waals surface area contributed by atoms with Crippen LogP contribution in [0.1, 0.15) is 58.1 Å². The fourth-order valence-electron chi connectivity index (χ4n) is 5.69. The van der Waals surface area contributed by atoms with Crippen molar-refractivity contribution in [2.45, 2.75) is 58.7 Å². The van der Waals surface area contributed by atoms with Crippen LogP contribution in [0.25, 0.3) is 0 Å². The highest BCUT2D eigenvalue weighted by atomic mass is 16.6. The zero-order valence-electron chi connectivity index (χ0n) is 18.1. The Balaban J connectivity index is 1.88. The van der Waals surface area contributed by atoms with E-state index >= 15 is 0 Å². The highest BCUT2D eigenvalue weighted by Gasteiger charge is 2.64. The van der Waals surface area contributed by atoms with Crippen LogP contribution in [0.15, 0.2) is 34.2 Å². The fraction of sp³-hybridized carbons (Fsp3) is 0.565. The lowest BCUT2D eigenvalue weighted by molar-refractivity contribution is -0.169. The van der Waals surface area contributed by atoms with E-state index in [9.17, 15) is 19.2 Å². The van der Waals surface area contributed by atoms with Gasteiger partial charge in [-0.1, -0.05) is 6.92 Å². The minimum atomic E-state index is -1.49. The van der Waals surface area contributed by atoms with Crippen molar-refractivity contribution in [3.8, 4) is 0 Å². The zero-order valence-corrected chi connectivity index (χ0v) is 18.1. The van der Waals surface area contributed by atoms with E-state index in [0.717, 1.165) is 5.56 Å². The molecule has 4 rings (SSSR count). The molecule has 8 nitrogen and oxygen atoms in total. The number of hydrogen-bond acceptors (Lipinski definition) is 8. The largest absolute Gasteiger partial charge is 0.472 e. The molecule has 1 aromatic rings. The van der Waals surface area contributed by atoms with Crippen LogP contribution in [0.4, 0.5) is 0 Å². The number of methoxy groups -OCH3 is 1. The summed E-state index contributed by atoms with van der Waals surface area (Å²) in [5, 5.41) is 0. The van der Waals surface area contributed by atoms with E-state index in [2.05, 4.69) is 0 Å². The second kappa shape index (κ2) is 7.35. The Hall–Kier alpha value is -2.90. The molecule has 0 N–H and O–H groups in total. The quantitative estimate of drug-likeness (QED) is 0.532. The van der Waals surface area contributed by atoms with Gasteiger partial charge in [0.15, 0.2) is 5.78 Å². The number of rotatable bonds is 3. The molecule has 2 heterocycles. The van der Waals surface area contributed by atoms with Crippen LogP contribution in [0, 0.1) is 16.7 Å². The fourth-order valence-corrected chi connectivity index (χ4v) is 5.69. The molecule has 1 aliphatic heterocycles. The van der Waals surface area contributed by atoms with Crippen molar-refractivity contribution in [2.75, 3.05) is 7.11 Å². The highest BCUT2D eigenvalue weighted by Crippen LogP contribution is 2.61. The summed E-state index contributed by atoms with van der Waals surface area (Å²) >= 11 is 0. The number of carbonyl (C=O) groups is 4. The van der Waals surface area contributed by atoms with Gasteiger partial charge in [0.1, 0.15) is 17.6 Å². The Kier molecular flexibility index (Phi) is 5.06. The highest BCUT2D eigenvalue weighted by molar-refractivity contribution is 6.07. The summed E-state index contributed by atoms with van der Waals surface area (Å²) in [6.07, 6.45) is 2.81. The van der Waals surface area contributed by atoms with Crippen LogP contribution < -0.4 is 0 Å². The van der Waals surface area contributed by atoms with Crippen molar-refractivity contribution in [1.82, 2.24) is 0 Å². The van der Waals surface area contributed by atoms with Gasteiger partial charge in [0.25, 0.3) is 0 Å². The number of ketones is 1. The van der Waals surface area contributed by atoms with Gasteiger partial charge in [-0.2, -0.15) is 0 Å². The van der Waals surface area contributed by atoms with Crippen molar-refractivity contribution in [1.29, 1.82) is 0 Å². The van der Waals surface area contributed by atoms with Gasteiger partial charge in [-0.25, -0.2) is 0 Å². The number of hydrogen-bond donors (Lipinski definition) is 0. The van der Waals surface area contributed by atoms with Crippen molar-refractivity contribution >= 4 is 23.7 Å². The van der Waals surface area contributed by atoms with Crippen LogP contribution in [0.2, 0.25) is 0 Å². The first-order valence-corrected chi connectivity index (χ1v) is 10.4. The summed E-state index contributed by atoms with van der Waals surface area (Å²) < 4.78 is 21.4. The number of ether oxygens (including phenoxy) is 3. The first-order valence-electron chi connectivity index (χ1n) is 10.4. The number of cyclic esters (lactones) is 1. The molecule has 1 aromatic heterocycles. The second-order valence-corrected chi connectivity index (χ2v) is 8.84. The van der Waals surface area contributed by atoms with Gasteiger partial charge >= 0.3 is 17.9 Å². The third kappa shape index (κ3) is 2.95. The topological polar surface area (TPSA) is 109 Å². The SMILES string of the molecule is COC(=O)[C@@]1(C)C2=C(CC[C@H]1OC(C)=O)[C@@]1(C[C@@H](c3ccoc3)OC1=O)[C@H](C)CC2=O. The van der Waals surface area contributed by atoms with E-state index in [-0.39, 0.29) is 23.7 Å². The molecule has 3 aliphatic rings. The van der Waals surface area contributed by atoms with Gasteiger partial charge in [0.2, 0.25) is 0 Å². The standard InChI is InChI=1S/C23H26O8/c1-12-9-16(25)19-15(5-6-18(30-13(2)24)22(19,3)20(26)28-4)23(12)10-17(31-21(23)27)14-7-8-29-11-14/h7-8,11-12,17-18H,5-6,9-10H2,1-4H3/t12-,17+,18-,22-,23-/m1/s1. The first-order chi connectivity index (χ1) is 14.7. The lowest BCUT2D eigenvalue weighted by atomic mass is 9.53. The Labute approximate surface area is 179 Å². The van der Waals surface area contributed by atoms with E-state index in [0.29, 0.717) is 24.8 Å². The molecule has 0 unspecified atom stereocenters. The van der Waals surface area contributed by atoms with Crippen LogP contribution in [-0.4, -0.2) is 36.9 Å². The third-order valence-corrected chi connectivity index (χ3v) is 7.23. The van der Waals surface area contributed by atoms with Gasteiger partial charge in [-0.3, -0.25) is 19.2 Å². The molecule has 1 fully saturated rings. The van der Waals surface area contributed by atoms with Gasteiger partial charge in [-0.15, -0.1) is 0 Å². The minimum Gasteiger partial charge on any atom is -0.472 e. The molecule has 1 spiro atoms. The maximum atomic E-state index is 13.3. The van der Waals surface area contributed by atoms with E-state index in [4.69, 9.17) is 18.6 Å². The average Bonchev–Trinajstić information content (AvgIpc) is 3.35. The number of fused-ring (bicyclic) bond motifs is 1. The molecule has 166 valence electrons. The van der Waals surface area contributed by atoms with Gasteiger partial charge < -0.3 is 18.6 Å². The molecule has 0 saturated carbocycles. The van der Waals surface area contributed by atoms with E-state index in [1.54, 1.807) is 19.3 Å². The monoisotopic (exact) mass is 430 g/mol. The predicted octanol–water partition coefficient (Wildman–Crippen LogP) is 3.06. The number of furan rings is 1. The predicted molar refractivity (Wildman–Crippen MR) is 105 cm³/mol. The lowest BCUT2D eigenvalue weighted by Crippen LogP contribution is -2.54. The average molecular weight is 430 g/mol. The Morgan fingerprint density at radius 1 is 1.26 bits per heavy atom. The van der Waals surface area contributed by atoms with Crippen LogP contribution in [-0.2, 0) is 33.4 Å². The molecule has 0 radical (unpaired) electrons. The van der Waals surface area contributed by atoms with Crippen LogP contribution in [0.5, 0.6) is 0 Å². The summed E-state index contributed by atoms with van der Waals surface area (Å²) in [6, 6.07) is 1.75.